The van der Waals surface area contributed by atoms with Crippen molar-refractivity contribution in [1.82, 2.24) is 5.32 Å². The van der Waals surface area contributed by atoms with E-state index in [9.17, 15) is 4.79 Å². The van der Waals surface area contributed by atoms with Crippen LogP contribution in [0.2, 0.25) is 0 Å². The van der Waals surface area contributed by atoms with Crippen molar-refractivity contribution < 1.29 is 14.6 Å². The molecule has 0 radical (unpaired) electrons. The van der Waals surface area contributed by atoms with Crippen molar-refractivity contribution in [3.05, 3.63) is 58.3 Å². The van der Waals surface area contributed by atoms with Crippen LogP contribution in [-0.4, -0.2) is 38.1 Å². The third-order valence-electron chi connectivity index (χ3n) is 5.40. The van der Waals surface area contributed by atoms with Gasteiger partial charge in [0.1, 0.15) is 38.8 Å². The third kappa shape index (κ3) is 4.93. The summed E-state index contributed by atoms with van der Waals surface area (Å²) in [5.41, 5.74) is 1.42. The molecule has 140 valence electrons. The van der Waals surface area contributed by atoms with Crippen molar-refractivity contribution in [2.75, 3.05) is 26.2 Å². The number of hydrogen-bond acceptors (Lipinski definition) is 2. The van der Waals surface area contributed by atoms with Gasteiger partial charge in [-0.2, -0.15) is 0 Å². The minimum atomic E-state index is 0.145. The van der Waals surface area contributed by atoms with E-state index in [0.717, 1.165) is 19.6 Å². The van der Waals surface area contributed by atoms with Gasteiger partial charge in [-0.05, 0) is 18.4 Å². The molecule has 5 heteroatoms. The van der Waals surface area contributed by atoms with Crippen LogP contribution in [0.5, 0.6) is 0 Å². The molecule has 1 aromatic heterocycles. The predicted octanol–water partition coefficient (Wildman–Crippen LogP) is 0.688. The van der Waals surface area contributed by atoms with Crippen molar-refractivity contribution in [2.24, 2.45) is 0 Å². The molecule has 3 N–H and O–H groups in total. The molecule has 0 unspecified atom stereocenters. The summed E-state index contributed by atoms with van der Waals surface area (Å²) in [6.45, 7) is 9.85. The second-order valence-electron chi connectivity index (χ2n) is 7.27. The first-order chi connectivity index (χ1) is 12.7. The predicted molar refractivity (Wildman–Crippen MR) is 106 cm³/mol. The second kappa shape index (κ2) is 9.31. The molecule has 4 nitrogen and oxygen atoms in total. The number of carbonyl (C=O) groups excluding carboxylic acids is 1. The fourth-order valence-corrected chi connectivity index (χ4v) is 4.99. The van der Waals surface area contributed by atoms with Crippen molar-refractivity contribution >= 4 is 17.2 Å². The van der Waals surface area contributed by atoms with Gasteiger partial charge in [-0.25, -0.2) is 0 Å². The Morgan fingerprint density at radius 3 is 2.46 bits per heavy atom. The number of piperazine rings is 1. The maximum atomic E-state index is 11.9. The Morgan fingerprint density at radius 1 is 1.12 bits per heavy atom. The molecule has 1 saturated heterocycles. The molecule has 2 heterocycles. The lowest BCUT2D eigenvalue weighted by atomic mass is 10.0. The summed E-state index contributed by atoms with van der Waals surface area (Å²) in [7, 11) is 0. The standard InChI is InChI=1S/C21H29N3OS/c1-3-20(25)22-17(2)21(19-10-7-15-26-19)24-13-11-23(12-14-24)16-18-8-5-4-6-9-18/h4-10,15,17,21H,3,11-14,16H2,1-2H3,(H,22,25)/p+2/t17-,21-/m0/s1. The van der Waals surface area contributed by atoms with Gasteiger partial charge in [0.2, 0.25) is 5.91 Å². The van der Waals surface area contributed by atoms with Crippen molar-refractivity contribution in [1.29, 1.82) is 0 Å². The van der Waals surface area contributed by atoms with E-state index in [2.05, 4.69) is 60.1 Å². The molecule has 1 aromatic carbocycles. The number of nitrogens with one attached hydrogen (secondary N) is 3. The zero-order chi connectivity index (χ0) is 18.4. The monoisotopic (exact) mass is 373 g/mol. The van der Waals surface area contributed by atoms with Gasteiger partial charge in [0, 0.05) is 12.0 Å². The highest BCUT2D eigenvalue weighted by Gasteiger charge is 2.35. The topological polar surface area (TPSA) is 38.0 Å². The molecule has 2 aromatic rings. The largest absolute Gasteiger partial charge is 0.347 e. The van der Waals surface area contributed by atoms with Gasteiger partial charge in [-0.3, -0.25) is 4.79 Å². The van der Waals surface area contributed by atoms with Crippen LogP contribution < -0.4 is 15.1 Å². The maximum absolute atomic E-state index is 11.9. The molecular weight excluding hydrogens is 342 g/mol. The van der Waals surface area contributed by atoms with Crippen LogP contribution in [0.3, 0.4) is 0 Å². The molecule has 2 atom stereocenters. The Bertz CT molecular complexity index is 666. The zero-order valence-electron chi connectivity index (χ0n) is 15.8. The maximum Gasteiger partial charge on any atom is 0.220 e. The van der Waals surface area contributed by atoms with Crippen LogP contribution in [0.1, 0.15) is 36.8 Å². The van der Waals surface area contributed by atoms with E-state index in [4.69, 9.17) is 0 Å². The summed E-state index contributed by atoms with van der Waals surface area (Å²) < 4.78 is 0. The van der Waals surface area contributed by atoms with Crippen LogP contribution in [0.25, 0.3) is 0 Å². The molecule has 1 aliphatic rings. The van der Waals surface area contributed by atoms with E-state index in [-0.39, 0.29) is 11.9 Å². The SMILES string of the molecule is CCC(=O)N[C@@H](C)[C@@H](c1cccs1)[NH+]1CC[NH+](Cc2ccccc2)CC1. The van der Waals surface area contributed by atoms with Crippen LogP contribution >= 0.6 is 11.3 Å². The highest BCUT2D eigenvalue weighted by molar-refractivity contribution is 7.10. The van der Waals surface area contributed by atoms with Gasteiger partial charge >= 0.3 is 0 Å². The molecule has 1 amide bonds. The van der Waals surface area contributed by atoms with Crippen LogP contribution in [0, 0.1) is 0 Å². The normalized spacial score (nSPS) is 22.5. The molecule has 26 heavy (non-hydrogen) atoms. The van der Waals surface area contributed by atoms with Crippen LogP contribution in [0.15, 0.2) is 47.8 Å². The average molecular weight is 374 g/mol. The Balaban J connectivity index is 1.62. The molecular formula is C21H31N3OS+2. The zero-order valence-corrected chi connectivity index (χ0v) is 16.6. The second-order valence-corrected chi connectivity index (χ2v) is 8.25. The van der Waals surface area contributed by atoms with Crippen molar-refractivity contribution in [2.45, 2.75) is 38.9 Å². The van der Waals surface area contributed by atoms with Gasteiger partial charge in [0.05, 0.1) is 10.9 Å². The molecule has 1 fully saturated rings. The van der Waals surface area contributed by atoms with Gasteiger partial charge in [0.15, 0.2) is 0 Å². The fraction of sp³-hybridized carbons (Fsp3) is 0.476. The summed E-state index contributed by atoms with van der Waals surface area (Å²) in [4.78, 5) is 16.6. The van der Waals surface area contributed by atoms with E-state index in [1.54, 1.807) is 9.80 Å². The molecule has 0 saturated carbocycles. The first-order valence-electron chi connectivity index (χ1n) is 9.72. The first-order valence-corrected chi connectivity index (χ1v) is 10.6. The number of benzene rings is 1. The van der Waals surface area contributed by atoms with Crippen molar-refractivity contribution in [3.8, 4) is 0 Å². The lowest BCUT2D eigenvalue weighted by molar-refractivity contribution is -1.03. The van der Waals surface area contributed by atoms with Gasteiger partial charge < -0.3 is 15.1 Å². The quantitative estimate of drug-likeness (QED) is 0.656. The summed E-state index contributed by atoms with van der Waals surface area (Å²) in [6, 6.07) is 15.6. The van der Waals surface area contributed by atoms with Crippen LogP contribution in [0.4, 0.5) is 0 Å². The number of carbonyl (C=O) groups is 1. The number of amides is 1. The molecule has 0 spiro atoms. The molecule has 0 aliphatic carbocycles. The van der Waals surface area contributed by atoms with Crippen molar-refractivity contribution in [3.63, 3.8) is 0 Å². The van der Waals surface area contributed by atoms with E-state index in [1.165, 1.54) is 23.5 Å². The number of hydrogen-bond donors (Lipinski definition) is 3. The lowest BCUT2D eigenvalue weighted by Crippen LogP contribution is -3.28. The van der Waals surface area contributed by atoms with E-state index in [0.29, 0.717) is 12.5 Å². The van der Waals surface area contributed by atoms with E-state index >= 15 is 0 Å². The first kappa shape index (κ1) is 19.1. The van der Waals surface area contributed by atoms with Gasteiger partial charge in [0.25, 0.3) is 0 Å². The summed E-state index contributed by atoms with van der Waals surface area (Å²) in [5, 5.41) is 5.35. The Hall–Kier alpha value is -1.69. The number of thiophene rings is 1. The summed E-state index contributed by atoms with van der Waals surface area (Å²) in [5.74, 6) is 0.145. The molecule has 1 aliphatic heterocycles. The number of rotatable bonds is 7. The molecule has 0 bridgehead atoms. The Kier molecular flexibility index (Phi) is 6.83. The minimum absolute atomic E-state index is 0.145. The van der Waals surface area contributed by atoms with E-state index < -0.39 is 0 Å². The van der Waals surface area contributed by atoms with Gasteiger partial charge in [-0.1, -0.05) is 43.3 Å². The third-order valence-corrected chi connectivity index (χ3v) is 6.35. The average Bonchev–Trinajstić information content (AvgIpc) is 3.18. The van der Waals surface area contributed by atoms with E-state index in [1.807, 2.05) is 18.3 Å². The van der Waals surface area contributed by atoms with Crippen LogP contribution in [-0.2, 0) is 11.3 Å². The molecule has 3 rings (SSSR count). The summed E-state index contributed by atoms with van der Waals surface area (Å²) in [6.07, 6.45) is 0.547. The number of quaternary nitrogens is 2. The highest BCUT2D eigenvalue weighted by atomic mass is 32.1. The van der Waals surface area contributed by atoms with Gasteiger partial charge in [-0.15, -0.1) is 11.3 Å². The summed E-state index contributed by atoms with van der Waals surface area (Å²) >= 11 is 1.81. The highest BCUT2D eigenvalue weighted by Crippen LogP contribution is 2.19. The smallest absolute Gasteiger partial charge is 0.220 e. The fourth-order valence-electron chi connectivity index (χ4n) is 4.01. The minimum Gasteiger partial charge on any atom is -0.347 e. The lowest BCUT2D eigenvalue weighted by Gasteiger charge is -2.37. The Morgan fingerprint density at radius 2 is 1.85 bits per heavy atom. The Labute approximate surface area is 160 Å².